The van der Waals surface area contributed by atoms with Crippen LogP contribution in [0.3, 0.4) is 0 Å². The highest BCUT2D eigenvalue weighted by atomic mass is 19.1. The number of nitrogens with zero attached hydrogens (tertiary/aromatic N) is 2. The van der Waals surface area contributed by atoms with Crippen molar-refractivity contribution >= 4 is 27.6 Å². The lowest BCUT2D eigenvalue weighted by molar-refractivity contribution is -0.660. The molecule has 0 bridgehead atoms. The lowest BCUT2D eigenvalue weighted by Gasteiger charge is -2.38. The molecule has 1 aliphatic heterocycles. The van der Waals surface area contributed by atoms with Crippen LogP contribution in [0.2, 0.25) is 0 Å². The zero-order valence-corrected chi connectivity index (χ0v) is 20.9. The second kappa shape index (κ2) is 7.67. The van der Waals surface area contributed by atoms with Crippen LogP contribution in [0.1, 0.15) is 31.4 Å². The van der Waals surface area contributed by atoms with Crippen molar-refractivity contribution in [2.75, 3.05) is 18.5 Å². The molecular formula is C31H30FN2O+. The van der Waals surface area contributed by atoms with Gasteiger partial charge in [0.2, 0.25) is 5.69 Å². The number of rotatable bonds is 2. The molecule has 6 rings (SSSR count). The molecule has 0 saturated carbocycles. The average molecular weight is 466 g/mol. The SMILES string of the molecule is Cc1ccc2c(oc3c(-c4ccc5c(c4)N(C)CCC5(C)C)c(F)ccc32)c1-c1cccc[n+]1C. The van der Waals surface area contributed by atoms with Gasteiger partial charge >= 0.3 is 0 Å². The summed E-state index contributed by atoms with van der Waals surface area (Å²) >= 11 is 0. The van der Waals surface area contributed by atoms with Gasteiger partial charge in [0, 0.05) is 42.2 Å². The van der Waals surface area contributed by atoms with Crippen LogP contribution >= 0.6 is 0 Å². The third kappa shape index (κ3) is 3.27. The summed E-state index contributed by atoms with van der Waals surface area (Å²) < 4.78 is 24.2. The molecule has 0 atom stereocenters. The van der Waals surface area contributed by atoms with E-state index in [1.54, 1.807) is 6.07 Å². The number of hydrogen-bond acceptors (Lipinski definition) is 2. The van der Waals surface area contributed by atoms with E-state index in [4.69, 9.17) is 4.42 Å². The molecule has 35 heavy (non-hydrogen) atoms. The third-order valence-corrected chi connectivity index (χ3v) is 7.78. The van der Waals surface area contributed by atoms with Gasteiger partial charge in [-0.2, -0.15) is 0 Å². The zero-order valence-electron chi connectivity index (χ0n) is 20.9. The normalized spacial score (nSPS) is 15.1. The molecule has 0 spiro atoms. The van der Waals surface area contributed by atoms with Crippen LogP contribution in [0.5, 0.6) is 0 Å². The minimum atomic E-state index is -0.266. The van der Waals surface area contributed by atoms with Crippen molar-refractivity contribution in [1.82, 2.24) is 0 Å². The molecule has 0 radical (unpaired) electrons. The van der Waals surface area contributed by atoms with Gasteiger partial charge in [-0.15, -0.1) is 0 Å². The predicted octanol–water partition coefficient (Wildman–Crippen LogP) is 7.31. The van der Waals surface area contributed by atoms with E-state index >= 15 is 4.39 Å². The fraction of sp³-hybridized carbons (Fsp3) is 0.258. The largest absolute Gasteiger partial charge is 0.454 e. The van der Waals surface area contributed by atoms with E-state index < -0.39 is 0 Å². The highest BCUT2D eigenvalue weighted by Crippen LogP contribution is 2.45. The first-order chi connectivity index (χ1) is 16.8. The van der Waals surface area contributed by atoms with Crippen LogP contribution in [0.4, 0.5) is 10.1 Å². The molecule has 5 aromatic rings. The second-order valence-corrected chi connectivity index (χ2v) is 10.5. The summed E-state index contributed by atoms with van der Waals surface area (Å²) in [6, 6.07) is 20.1. The monoisotopic (exact) mass is 465 g/mol. The van der Waals surface area contributed by atoms with Crippen molar-refractivity contribution in [1.29, 1.82) is 0 Å². The summed E-state index contributed by atoms with van der Waals surface area (Å²) in [6.45, 7) is 7.65. The maximum absolute atomic E-state index is 15.5. The number of pyridine rings is 1. The van der Waals surface area contributed by atoms with E-state index in [1.165, 1.54) is 11.3 Å². The Hall–Kier alpha value is -3.66. The molecule has 176 valence electrons. The standard InChI is InChI=1S/C31H30FN2O/c1-19-9-11-21-22-12-14-24(32)28(20-10-13-23-26(18-20)34(5)17-15-31(23,2)3)30(22)35-29(21)27(19)25-8-6-7-16-33(25)4/h6-14,16,18H,15,17H2,1-5H3/q+1. The number of fused-ring (bicyclic) bond motifs is 4. The van der Waals surface area contributed by atoms with Gasteiger partial charge in [-0.25, -0.2) is 8.96 Å². The topological polar surface area (TPSA) is 20.3 Å². The number of aromatic nitrogens is 1. The minimum Gasteiger partial charge on any atom is -0.454 e. The van der Waals surface area contributed by atoms with E-state index in [2.05, 4.69) is 67.6 Å². The zero-order chi connectivity index (χ0) is 24.5. The molecule has 3 heterocycles. The Balaban J connectivity index is 1.64. The summed E-state index contributed by atoms with van der Waals surface area (Å²) in [7, 11) is 4.15. The van der Waals surface area contributed by atoms with Gasteiger partial charge in [0.15, 0.2) is 6.20 Å². The number of furan rings is 1. The van der Waals surface area contributed by atoms with E-state index in [0.717, 1.165) is 51.7 Å². The number of hydrogen-bond donors (Lipinski definition) is 0. The Kier molecular flexibility index (Phi) is 4.79. The summed E-state index contributed by atoms with van der Waals surface area (Å²) in [5.41, 5.74) is 8.57. The Morgan fingerprint density at radius 1 is 0.943 bits per heavy atom. The lowest BCUT2D eigenvalue weighted by atomic mass is 9.77. The summed E-state index contributed by atoms with van der Waals surface area (Å²) in [6.07, 6.45) is 3.13. The Labute approximate surface area is 205 Å². The van der Waals surface area contributed by atoms with Gasteiger partial charge in [-0.1, -0.05) is 38.1 Å². The Morgan fingerprint density at radius 3 is 2.46 bits per heavy atom. The fourth-order valence-corrected chi connectivity index (χ4v) is 5.63. The van der Waals surface area contributed by atoms with Crippen molar-refractivity contribution in [3.63, 3.8) is 0 Å². The Bertz CT molecular complexity index is 1630. The van der Waals surface area contributed by atoms with E-state index in [1.807, 2.05) is 37.5 Å². The number of halogens is 1. The average Bonchev–Trinajstić information content (AvgIpc) is 3.20. The van der Waals surface area contributed by atoms with Crippen molar-refractivity contribution in [3.8, 4) is 22.4 Å². The van der Waals surface area contributed by atoms with E-state index in [-0.39, 0.29) is 11.2 Å². The maximum atomic E-state index is 15.5. The van der Waals surface area contributed by atoms with Gasteiger partial charge < -0.3 is 9.32 Å². The maximum Gasteiger partial charge on any atom is 0.216 e. The lowest BCUT2D eigenvalue weighted by Crippen LogP contribution is -2.34. The molecule has 0 unspecified atom stereocenters. The third-order valence-electron chi connectivity index (χ3n) is 7.78. The molecule has 1 aliphatic rings. The molecule has 0 aliphatic carbocycles. The summed E-state index contributed by atoms with van der Waals surface area (Å²) in [5.74, 6) is -0.266. The first kappa shape index (κ1) is 21.8. The van der Waals surface area contributed by atoms with E-state index in [9.17, 15) is 0 Å². The molecule has 0 fully saturated rings. The molecule has 3 aromatic carbocycles. The number of benzene rings is 3. The molecule has 0 saturated heterocycles. The van der Waals surface area contributed by atoms with Crippen molar-refractivity contribution < 1.29 is 13.4 Å². The molecule has 2 aromatic heterocycles. The fourth-order valence-electron chi connectivity index (χ4n) is 5.63. The number of anilines is 1. The van der Waals surface area contributed by atoms with Gasteiger partial charge in [0.1, 0.15) is 24.0 Å². The van der Waals surface area contributed by atoms with Crippen LogP contribution in [0, 0.1) is 12.7 Å². The first-order valence-electron chi connectivity index (χ1n) is 12.2. The highest BCUT2D eigenvalue weighted by molar-refractivity contribution is 6.13. The van der Waals surface area contributed by atoms with Gasteiger partial charge in [-0.3, -0.25) is 0 Å². The van der Waals surface area contributed by atoms with E-state index in [0.29, 0.717) is 11.1 Å². The molecule has 3 nitrogen and oxygen atoms in total. The van der Waals surface area contributed by atoms with Crippen LogP contribution in [0.25, 0.3) is 44.3 Å². The minimum absolute atomic E-state index is 0.0991. The van der Waals surface area contributed by atoms with Crippen molar-refractivity contribution in [2.45, 2.75) is 32.6 Å². The molecule has 0 N–H and O–H groups in total. The molecule has 0 amide bonds. The predicted molar refractivity (Wildman–Crippen MR) is 141 cm³/mol. The van der Waals surface area contributed by atoms with Crippen LogP contribution in [-0.2, 0) is 12.5 Å². The van der Waals surface area contributed by atoms with Crippen molar-refractivity contribution in [2.24, 2.45) is 7.05 Å². The first-order valence-corrected chi connectivity index (χ1v) is 12.2. The van der Waals surface area contributed by atoms with Gasteiger partial charge in [0.05, 0.1) is 11.1 Å². The van der Waals surface area contributed by atoms with Crippen LogP contribution < -0.4 is 9.47 Å². The highest BCUT2D eigenvalue weighted by Gasteiger charge is 2.30. The molecular weight excluding hydrogens is 435 g/mol. The smallest absolute Gasteiger partial charge is 0.216 e. The molecule has 4 heteroatoms. The second-order valence-electron chi connectivity index (χ2n) is 10.5. The van der Waals surface area contributed by atoms with Crippen molar-refractivity contribution in [3.05, 3.63) is 83.8 Å². The van der Waals surface area contributed by atoms with Gasteiger partial charge in [0.25, 0.3) is 0 Å². The quantitative estimate of drug-likeness (QED) is 0.255. The Morgan fingerprint density at radius 2 is 1.69 bits per heavy atom. The van der Waals surface area contributed by atoms with Crippen LogP contribution in [0.15, 0.2) is 71.3 Å². The van der Waals surface area contributed by atoms with Crippen LogP contribution in [-0.4, -0.2) is 13.6 Å². The summed E-state index contributed by atoms with van der Waals surface area (Å²) in [4.78, 5) is 2.28. The van der Waals surface area contributed by atoms with Gasteiger partial charge in [-0.05, 0) is 59.7 Å². The summed E-state index contributed by atoms with van der Waals surface area (Å²) in [5, 5.41) is 1.93. The number of aryl methyl sites for hydroxylation is 2.